The lowest BCUT2D eigenvalue weighted by molar-refractivity contribution is 0.415. The molecule has 2 aromatic carbocycles. The van der Waals surface area contributed by atoms with Gasteiger partial charge in [-0.3, -0.25) is 0 Å². The van der Waals surface area contributed by atoms with E-state index in [0.29, 0.717) is 4.64 Å². The molecule has 20 heavy (non-hydrogen) atoms. The van der Waals surface area contributed by atoms with Gasteiger partial charge in [0.1, 0.15) is 16.2 Å². The minimum Gasteiger partial charge on any atom is -0.497 e. The molecule has 1 aromatic heterocycles. The Morgan fingerprint density at radius 3 is 2.70 bits per heavy atom. The molecule has 0 aliphatic rings. The molecule has 0 aliphatic heterocycles. The molecule has 0 radical (unpaired) electrons. The van der Waals surface area contributed by atoms with Crippen molar-refractivity contribution in [3.05, 3.63) is 52.7 Å². The second-order valence-electron chi connectivity index (χ2n) is 4.62. The van der Waals surface area contributed by atoms with Crippen molar-refractivity contribution < 1.29 is 4.74 Å². The highest BCUT2D eigenvalue weighted by molar-refractivity contribution is 7.71. The number of benzene rings is 2. The molecule has 4 heteroatoms. The average Bonchev–Trinajstić information content (AvgIpc) is 2.47. The van der Waals surface area contributed by atoms with Gasteiger partial charge in [-0.15, -0.1) is 0 Å². The van der Waals surface area contributed by atoms with E-state index in [-0.39, 0.29) is 0 Å². The first-order chi connectivity index (χ1) is 9.69. The highest BCUT2D eigenvalue weighted by Gasteiger charge is 2.06. The summed E-state index contributed by atoms with van der Waals surface area (Å²) in [6.07, 6.45) is 0. The third-order valence-electron chi connectivity index (χ3n) is 3.32. The Morgan fingerprint density at radius 1 is 1.15 bits per heavy atom. The number of methoxy groups -OCH3 is 1. The summed E-state index contributed by atoms with van der Waals surface area (Å²) in [6, 6.07) is 13.9. The van der Waals surface area contributed by atoms with Crippen LogP contribution in [0.25, 0.3) is 22.3 Å². The van der Waals surface area contributed by atoms with Crippen LogP contribution in [-0.4, -0.2) is 17.1 Å². The Hall–Kier alpha value is -2.20. The lowest BCUT2D eigenvalue weighted by Gasteiger charge is -2.08. The van der Waals surface area contributed by atoms with Crippen LogP contribution in [0.15, 0.2) is 42.5 Å². The maximum absolute atomic E-state index is 5.39. The Kier molecular flexibility index (Phi) is 3.24. The molecule has 0 bridgehead atoms. The number of nitrogens with zero attached hydrogens (tertiary/aromatic N) is 1. The van der Waals surface area contributed by atoms with Crippen LogP contribution in [0.2, 0.25) is 0 Å². The fourth-order valence-electron chi connectivity index (χ4n) is 2.22. The van der Waals surface area contributed by atoms with Crippen molar-refractivity contribution in [2.24, 2.45) is 0 Å². The first kappa shape index (κ1) is 12.8. The molecular formula is C16H14N2OS. The number of hydrogen-bond acceptors (Lipinski definition) is 3. The lowest BCUT2D eigenvalue weighted by atomic mass is 10.1. The molecular weight excluding hydrogens is 268 g/mol. The van der Waals surface area contributed by atoms with E-state index in [1.165, 1.54) is 0 Å². The van der Waals surface area contributed by atoms with Gasteiger partial charge in [0, 0.05) is 17.0 Å². The number of aromatic amines is 1. The predicted molar refractivity (Wildman–Crippen MR) is 83.7 cm³/mol. The number of H-pyrrole nitrogens is 1. The zero-order valence-electron chi connectivity index (χ0n) is 11.3. The zero-order valence-corrected chi connectivity index (χ0v) is 12.1. The van der Waals surface area contributed by atoms with Crippen LogP contribution in [0.4, 0.5) is 0 Å². The summed E-state index contributed by atoms with van der Waals surface area (Å²) in [5, 5.41) is 0.929. The minimum atomic E-state index is 0.597. The summed E-state index contributed by atoms with van der Waals surface area (Å²) in [4.78, 5) is 7.85. The number of hydrogen-bond donors (Lipinski definition) is 1. The average molecular weight is 282 g/mol. The molecule has 1 heterocycles. The fourth-order valence-corrected chi connectivity index (χ4v) is 2.49. The Bertz CT molecular complexity index is 839. The van der Waals surface area contributed by atoms with Crippen LogP contribution in [0, 0.1) is 11.6 Å². The highest BCUT2D eigenvalue weighted by Crippen LogP contribution is 2.24. The Labute approximate surface area is 122 Å². The van der Waals surface area contributed by atoms with Crippen LogP contribution in [0.5, 0.6) is 5.75 Å². The normalized spacial score (nSPS) is 10.7. The minimum absolute atomic E-state index is 0.597. The number of fused-ring (bicyclic) bond motifs is 1. The van der Waals surface area contributed by atoms with Gasteiger partial charge in [0.25, 0.3) is 0 Å². The molecule has 3 aromatic rings. The van der Waals surface area contributed by atoms with E-state index in [2.05, 4.69) is 23.0 Å². The molecule has 0 saturated heterocycles. The molecule has 0 amide bonds. The lowest BCUT2D eigenvalue weighted by Crippen LogP contribution is -1.94. The molecule has 3 nitrogen and oxygen atoms in total. The number of aromatic nitrogens is 2. The van der Waals surface area contributed by atoms with Crippen LogP contribution < -0.4 is 4.74 Å². The quantitative estimate of drug-likeness (QED) is 0.713. The van der Waals surface area contributed by atoms with Crippen LogP contribution in [-0.2, 0) is 0 Å². The Balaban J connectivity index is 2.28. The van der Waals surface area contributed by atoms with Gasteiger partial charge >= 0.3 is 0 Å². The Morgan fingerprint density at radius 2 is 1.95 bits per heavy atom. The van der Waals surface area contributed by atoms with Crippen molar-refractivity contribution in [3.63, 3.8) is 0 Å². The van der Waals surface area contributed by atoms with Crippen molar-refractivity contribution in [3.8, 4) is 17.1 Å². The largest absolute Gasteiger partial charge is 0.497 e. The molecule has 0 unspecified atom stereocenters. The third-order valence-corrected chi connectivity index (χ3v) is 3.63. The second kappa shape index (κ2) is 5.06. The molecule has 0 aliphatic carbocycles. The fraction of sp³-hybridized carbons (Fsp3) is 0.125. The summed E-state index contributed by atoms with van der Waals surface area (Å²) in [5.41, 5.74) is 3.15. The van der Waals surface area contributed by atoms with Crippen molar-refractivity contribution in [2.75, 3.05) is 7.11 Å². The molecule has 0 spiro atoms. The van der Waals surface area contributed by atoms with Gasteiger partial charge in [-0.2, -0.15) is 0 Å². The van der Waals surface area contributed by atoms with Gasteiger partial charge in [-0.1, -0.05) is 36.5 Å². The smallest absolute Gasteiger partial charge is 0.139 e. The van der Waals surface area contributed by atoms with Crippen molar-refractivity contribution in [1.29, 1.82) is 0 Å². The SMILES string of the molecule is COc1ccc2c(=S)nc(-c3ccccc3C)[nH]c2c1. The molecule has 1 N–H and O–H groups in total. The maximum atomic E-state index is 5.39. The van der Waals surface area contributed by atoms with Gasteiger partial charge in [0.05, 0.1) is 12.6 Å². The summed E-state index contributed by atoms with van der Waals surface area (Å²) >= 11 is 5.39. The zero-order chi connectivity index (χ0) is 14.1. The second-order valence-corrected chi connectivity index (χ2v) is 5.00. The van der Waals surface area contributed by atoms with Gasteiger partial charge in [0.2, 0.25) is 0 Å². The number of aryl methyl sites for hydroxylation is 1. The summed E-state index contributed by atoms with van der Waals surface area (Å²) in [7, 11) is 1.65. The highest BCUT2D eigenvalue weighted by atomic mass is 32.1. The van der Waals surface area contributed by atoms with E-state index in [1.807, 2.05) is 36.4 Å². The van der Waals surface area contributed by atoms with E-state index in [1.54, 1.807) is 7.11 Å². The van der Waals surface area contributed by atoms with E-state index >= 15 is 0 Å². The van der Waals surface area contributed by atoms with E-state index in [9.17, 15) is 0 Å². The van der Waals surface area contributed by atoms with Gasteiger partial charge < -0.3 is 9.72 Å². The molecule has 3 rings (SSSR count). The van der Waals surface area contributed by atoms with Crippen molar-refractivity contribution >= 4 is 23.1 Å². The first-order valence-corrected chi connectivity index (χ1v) is 6.74. The van der Waals surface area contributed by atoms with Crippen molar-refractivity contribution in [1.82, 2.24) is 9.97 Å². The van der Waals surface area contributed by atoms with Crippen LogP contribution in [0.3, 0.4) is 0 Å². The van der Waals surface area contributed by atoms with Gasteiger partial charge in [-0.05, 0) is 24.6 Å². The molecule has 0 saturated carbocycles. The van der Waals surface area contributed by atoms with Crippen LogP contribution in [0.1, 0.15) is 5.56 Å². The maximum Gasteiger partial charge on any atom is 0.139 e. The summed E-state index contributed by atoms with van der Waals surface area (Å²) in [5.74, 6) is 1.58. The molecule has 0 atom stereocenters. The number of ether oxygens (including phenoxy) is 1. The predicted octanol–water partition coefficient (Wildman–Crippen LogP) is 4.28. The number of nitrogens with one attached hydrogen (secondary N) is 1. The van der Waals surface area contributed by atoms with Gasteiger partial charge in [-0.25, -0.2) is 4.98 Å². The summed E-state index contributed by atoms with van der Waals surface area (Å²) in [6.45, 7) is 2.06. The third kappa shape index (κ3) is 2.18. The van der Waals surface area contributed by atoms with E-state index in [4.69, 9.17) is 17.0 Å². The molecule has 100 valence electrons. The topological polar surface area (TPSA) is 37.9 Å². The van der Waals surface area contributed by atoms with Crippen molar-refractivity contribution in [2.45, 2.75) is 6.92 Å². The van der Waals surface area contributed by atoms with E-state index in [0.717, 1.165) is 33.6 Å². The first-order valence-electron chi connectivity index (χ1n) is 6.33. The standard InChI is InChI=1S/C16H14N2OS/c1-10-5-3-4-6-12(10)15-17-14-9-11(19-2)7-8-13(14)16(20)18-15/h3-9H,1-2H3,(H,17,18,20). The summed E-state index contributed by atoms with van der Waals surface area (Å²) < 4.78 is 5.85. The number of rotatable bonds is 2. The van der Waals surface area contributed by atoms with E-state index < -0.39 is 0 Å². The monoisotopic (exact) mass is 282 g/mol. The van der Waals surface area contributed by atoms with Crippen LogP contribution >= 0.6 is 12.2 Å². The molecule has 0 fully saturated rings. The van der Waals surface area contributed by atoms with Gasteiger partial charge in [0.15, 0.2) is 0 Å².